The molecule has 1 unspecified atom stereocenters. The first-order chi connectivity index (χ1) is 15.6. The second-order valence-corrected chi connectivity index (χ2v) is 9.84. The van der Waals surface area contributed by atoms with E-state index < -0.39 is 18.0 Å². The lowest BCUT2D eigenvalue weighted by Crippen LogP contribution is -2.55. The normalized spacial score (nSPS) is 23.5. The molecule has 1 N–H and O–H groups in total. The molecule has 1 saturated heterocycles. The van der Waals surface area contributed by atoms with Crippen LogP contribution in [-0.4, -0.2) is 56.9 Å². The Kier molecular flexibility index (Phi) is 7.76. The standard InChI is InChI=1S/C25H34N4O4/c1-14(2)19(11-21(31)20-12-26-9-10-27-20)24(32)28-22(15(3)4)25(33)29-13-17-7-6-8-18(17)23(29)16(5)30/h6-7,9-10,12,14-15,17-19,22-23H,8,11,13H2,1-5H3,(H,28,32)/t17-,18+,19+,22+,23?/m1/s1. The zero-order valence-corrected chi connectivity index (χ0v) is 20.0. The Morgan fingerprint density at radius 1 is 1.12 bits per heavy atom. The summed E-state index contributed by atoms with van der Waals surface area (Å²) >= 11 is 0. The Hall–Kier alpha value is -2.90. The maximum atomic E-state index is 13.6. The minimum absolute atomic E-state index is 0.0179. The van der Waals surface area contributed by atoms with Crippen LogP contribution in [0.15, 0.2) is 30.7 Å². The average molecular weight is 455 g/mol. The van der Waals surface area contributed by atoms with Crippen LogP contribution in [0.4, 0.5) is 0 Å². The summed E-state index contributed by atoms with van der Waals surface area (Å²) in [5.41, 5.74) is 0.216. The predicted octanol–water partition coefficient (Wildman–Crippen LogP) is 2.45. The van der Waals surface area contributed by atoms with Gasteiger partial charge in [-0.05, 0) is 37.0 Å². The summed E-state index contributed by atoms with van der Waals surface area (Å²) in [7, 11) is 0. The van der Waals surface area contributed by atoms with Crippen LogP contribution in [0, 0.1) is 29.6 Å². The zero-order chi connectivity index (χ0) is 24.3. The largest absolute Gasteiger partial charge is 0.344 e. The molecule has 3 rings (SSSR count). The van der Waals surface area contributed by atoms with Gasteiger partial charge in [-0.15, -0.1) is 0 Å². The molecule has 33 heavy (non-hydrogen) atoms. The fraction of sp³-hybridized carbons (Fsp3) is 0.600. The number of nitrogens with one attached hydrogen (secondary N) is 1. The van der Waals surface area contributed by atoms with Crippen molar-refractivity contribution in [3.05, 3.63) is 36.4 Å². The highest BCUT2D eigenvalue weighted by molar-refractivity contribution is 5.98. The third-order valence-electron chi connectivity index (χ3n) is 6.82. The molecular weight excluding hydrogens is 420 g/mol. The molecule has 0 spiro atoms. The molecule has 0 radical (unpaired) electrons. The molecule has 2 amide bonds. The first kappa shape index (κ1) is 24.7. The summed E-state index contributed by atoms with van der Waals surface area (Å²) in [6, 6.07) is -1.23. The zero-order valence-electron chi connectivity index (χ0n) is 20.0. The van der Waals surface area contributed by atoms with E-state index in [1.165, 1.54) is 25.5 Å². The van der Waals surface area contributed by atoms with Crippen molar-refractivity contribution in [2.75, 3.05) is 6.54 Å². The number of likely N-dealkylation sites (tertiary alicyclic amines) is 1. The second-order valence-electron chi connectivity index (χ2n) is 9.84. The van der Waals surface area contributed by atoms with Gasteiger partial charge in [-0.25, -0.2) is 4.98 Å². The van der Waals surface area contributed by atoms with Crippen LogP contribution in [-0.2, 0) is 14.4 Å². The van der Waals surface area contributed by atoms with Crippen molar-refractivity contribution in [2.24, 2.45) is 29.6 Å². The molecule has 1 aromatic rings. The Bertz CT molecular complexity index is 928. The van der Waals surface area contributed by atoms with Crippen LogP contribution in [0.2, 0.25) is 0 Å². The highest BCUT2D eigenvalue weighted by Gasteiger charge is 2.48. The summed E-state index contributed by atoms with van der Waals surface area (Å²) in [5.74, 6) is -1.47. The molecule has 5 atom stereocenters. The highest BCUT2D eigenvalue weighted by atomic mass is 16.2. The van der Waals surface area contributed by atoms with Gasteiger partial charge >= 0.3 is 0 Å². The first-order valence-electron chi connectivity index (χ1n) is 11.7. The van der Waals surface area contributed by atoms with Gasteiger partial charge in [0, 0.05) is 31.3 Å². The predicted molar refractivity (Wildman–Crippen MR) is 123 cm³/mol. The number of hydrogen-bond donors (Lipinski definition) is 1. The van der Waals surface area contributed by atoms with E-state index in [0.29, 0.717) is 6.54 Å². The average Bonchev–Trinajstić information content (AvgIpc) is 3.36. The van der Waals surface area contributed by atoms with Crippen molar-refractivity contribution in [3.63, 3.8) is 0 Å². The van der Waals surface area contributed by atoms with Crippen molar-refractivity contribution in [3.8, 4) is 0 Å². The number of aromatic nitrogens is 2. The number of nitrogens with zero attached hydrogens (tertiary/aromatic N) is 3. The summed E-state index contributed by atoms with van der Waals surface area (Å²) in [4.78, 5) is 61.5. The second kappa shape index (κ2) is 10.4. The van der Waals surface area contributed by atoms with Crippen molar-refractivity contribution in [1.29, 1.82) is 0 Å². The van der Waals surface area contributed by atoms with E-state index in [-0.39, 0.29) is 59.2 Å². The number of rotatable bonds is 9. The number of carbonyl (C=O) groups is 4. The number of Topliss-reactive ketones (excluding diaryl/α,β-unsaturated/α-hetero) is 2. The third-order valence-corrected chi connectivity index (χ3v) is 6.82. The maximum absolute atomic E-state index is 13.6. The summed E-state index contributed by atoms with van der Waals surface area (Å²) < 4.78 is 0. The van der Waals surface area contributed by atoms with Gasteiger partial charge < -0.3 is 10.2 Å². The summed E-state index contributed by atoms with van der Waals surface area (Å²) in [5, 5.41) is 2.91. The third kappa shape index (κ3) is 5.37. The fourth-order valence-electron chi connectivity index (χ4n) is 4.94. The number of ketones is 2. The van der Waals surface area contributed by atoms with Gasteiger partial charge in [-0.2, -0.15) is 0 Å². The van der Waals surface area contributed by atoms with Gasteiger partial charge in [-0.3, -0.25) is 24.2 Å². The van der Waals surface area contributed by atoms with Crippen molar-refractivity contribution in [2.45, 2.75) is 59.5 Å². The van der Waals surface area contributed by atoms with Crippen LogP contribution < -0.4 is 5.32 Å². The lowest BCUT2D eigenvalue weighted by atomic mass is 9.88. The van der Waals surface area contributed by atoms with Gasteiger partial charge in [0.25, 0.3) is 0 Å². The number of fused-ring (bicyclic) bond motifs is 1. The minimum atomic E-state index is -0.768. The lowest BCUT2D eigenvalue weighted by Gasteiger charge is -2.32. The Balaban J connectivity index is 1.75. The van der Waals surface area contributed by atoms with E-state index in [2.05, 4.69) is 27.4 Å². The van der Waals surface area contributed by atoms with Crippen LogP contribution >= 0.6 is 0 Å². The number of amides is 2. The Labute approximate surface area is 195 Å². The van der Waals surface area contributed by atoms with Gasteiger partial charge in [0.2, 0.25) is 11.8 Å². The molecule has 1 aliphatic heterocycles. The van der Waals surface area contributed by atoms with E-state index in [1.807, 2.05) is 27.7 Å². The van der Waals surface area contributed by atoms with Crippen LogP contribution in [0.1, 0.15) is 57.9 Å². The molecule has 178 valence electrons. The van der Waals surface area contributed by atoms with Crippen molar-refractivity contribution in [1.82, 2.24) is 20.2 Å². The van der Waals surface area contributed by atoms with Gasteiger partial charge in [0.1, 0.15) is 11.7 Å². The first-order valence-corrected chi connectivity index (χ1v) is 11.7. The van der Waals surface area contributed by atoms with E-state index in [0.717, 1.165) is 6.42 Å². The summed E-state index contributed by atoms with van der Waals surface area (Å²) in [6.45, 7) is 9.51. The molecule has 2 aliphatic rings. The molecular formula is C25H34N4O4. The summed E-state index contributed by atoms with van der Waals surface area (Å²) in [6.07, 6.45) is 9.25. The fourth-order valence-corrected chi connectivity index (χ4v) is 4.94. The number of hydrogen-bond acceptors (Lipinski definition) is 6. The number of carbonyl (C=O) groups excluding carboxylic acids is 4. The SMILES string of the molecule is CC(=O)C1[C@H]2CC=C[C@@H]2CN1C(=O)[C@@H](NC(=O)[C@@H](CC(=O)c1cnccn1)C(C)C)C(C)C. The minimum Gasteiger partial charge on any atom is -0.344 e. The molecule has 8 heteroatoms. The van der Waals surface area contributed by atoms with Crippen molar-refractivity contribution >= 4 is 23.4 Å². The molecule has 0 saturated carbocycles. The van der Waals surface area contributed by atoms with Gasteiger partial charge in [0.15, 0.2) is 11.6 Å². The molecule has 0 aromatic carbocycles. The van der Waals surface area contributed by atoms with E-state index in [9.17, 15) is 19.2 Å². The van der Waals surface area contributed by atoms with Crippen LogP contribution in [0.5, 0.6) is 0 Å². The van der Waals surface area contributed by atoms with Crippen molar-refractivity contribution < 1.29 is 19.2 Å². The lowest BCUT2D eigenvalue weighted by molar-refractivity contribution is -0.142. The van der Waals surface area contributed by atoms with Crippen LogP contribution in [0.3, 0.4) is 0 Å². The maximum Gasteiger partial charge on any atom is 0.246 e. The van der Waals surface area contributed by atoms with E-state index >= 15 is 0 Å². The highest BCUT2D eigenvalue weighted by Crippen LogP contribution is 2.39. The van der Waals surface area contributed by atoms with Gasteiger partial charge in [-0.1, -0.05) is 39.8 Å². The van der Waals surface area contributed by atoms with Gasteiger partial charge in [0.05, 0.1) is 12.2 Å². The quantitative estimate of drug-likeness (QED) is 0.453. The molecule has 0 bridgehead atoms. The van der Waals surface area contributed by atoms with Crippen LogP contribution in [0.25, 0.3) is 0 Å². The Morgan fingerprint density at radius 3 is 2.42 bits per heavy atom. The molecule has 8 nitrogen and oxygen atoms in total. The molecule has 1 aromatic heterocycles. The van der Waals surface area contributed by atoms with E-state index in [1.54, 1.807) is 4.90 Å². The molecule has 1 fully saturated rings. The smallest absolute Gasteiger partial charge is 0.246 e. The Morgan fingerprint density at radius 2 is 1.85 bits per heavy atom. The monoisotopic (exact) mass is 454 g/mol. The van der Waals surface area contributed by atoms with E-state index in [4.69, 9.17) is 0 Å². The molecule has 1 aliphatic carbocycles. The number of allylic oxidation sites excluding steroid dienone is 1. The molecule has 2 heterocycles. The topological polar surface area (TPSA) is 109 Å².